The summed E-state index contributed by atoms with van der Waals surface area (Å²) in [5, 5.41) is 1.81. The number of hydrogen-bond acceptors (Lipinski definition) is 2. The van der Waals surface area contributed by atoms with Crippen molar-refractivity contribution in [2.45, 2.75) is 6.16 Å². The van der Waals surface area contributed by atoms with Crippen molar-refractivity contribution in [2.24, 2.45) is 0 Å². The molecule has 5 rings (SSSR count). The first kappa shape index (κ1) is 21.8. The van der Waals surface area contributed by atoms with E-state index in [9.17, 15) is 0 Å². The van der Waals surface area contributed by atoms with E-state index in [-0.39, 0.29) is 12.4 Å². The monoisotopic (exact) mass is 509 g/mol. The Morgan fingerprint density at radius 3 is 1.65 bits per heavy atom. The van der Waals surface area contributed by atoms with Crippen LogP contribution in [0.25, 0.3) is 11.0 Å². The van der Waals surface area contributed by atoms with Gasteiger partial charge in [0.2, 0.25) is 0 Å². The zero-order chi connectivity index (χ0) is 20.5. The number of furan rings is 1. The SMILES string of the molecule is BrP(Cc1cc2cnccc2o1)(c1ccccc1)(c1ccccc1)c1ccccc1.Cl. The standard InChI is InChI=1S/C26H21BrNOP.ClH/c27-30(23-10-4-1-5-11-23,24-12-6-2-7-13-24,25-14-8-3-9-15-25)20-22-18-21-19-28-17-16-26(21)29-22;/h1-19H,20H2;1H. The van der Waals surface area contributed by atoms with Gasteiger partial charge in [-0.25, -0.2) is 0 Å². The van der Waals surface area contributed by atoms with E-state index in [2.05, 4.69) is 118 Å². The summed E-state index contributed by atoms with van der Waals surface area (Å²) < 4.78 is 6.32. The Kier molecular flexibility index (Phi) is 6.03. The van der Waals surface area contributed by atoms with Crippen molar-refractivity contribution in [3.63, 3.8) is 0 Å². The van der Waals surface area contributed by atoms with Crippen LogP contribution in [0.5, 0.6) is 0 Å². The third-order valence-corrected chi connectivity index (χ3v) is 15.2. The van der Waals surface area contributed by atoms with E-state index in [1.165, 1.54) is 15.9 Å². The first-order valence-corrected chi connectivity index (χ1v) is 14.3. The molecular formula is C26H22BrClNOP. The van der Waals surface area contributed by atoms with Crippen molar-refractivity contribution in [1.29, 1.82) is 0 Å². The molecule has 5 aromatic rings. The Labute approximate surface area is 196 Å². The molecule has 2 heterocycles. The Morgan fingerprint density at radius 1 is 0.710 bits per heavy atom. The van der Waals surface area contributed by atoms with Gasteiger partial charge in [-0.1, -0.05) is 0 Å². The summed E-state index contributed by atoms with van der Waals surface area (Å²) in [6.07, 6.45) is 4.37. The fourth-order valence-electron chi connectivity index (χ4n) is 4.25. The fraction of sp³-hybridized carbons (Fsp3) is 0.0385. The number of rotatable bonds is 5. The van der Waals surface area contributed by atoms with Crippen molar-refractivity contribution in [1.82, 2.24) is 4.98 Å². The second kappa shape index (κ2) is 8.59. The summed E-state index contributed by atoms with van der Waals surface area (Å²) in [4.78, 5) is 4.25. The predicted molar refractivity (Wildman–Crippen MR) is 139 cm³/mol. The molecule has 0 aliphatic rings. The number of hydrogen-bond donors (Lipinski definition) is 0. The quantitative estimate of drug-likeness (QED) is 0.249. The summed E-state index contributed by atoms with van der Waals surface area (Å²) in [5.74, 6) is 0.948. The molecule has 0 atom stereocenters. The Hall–Kier alpha value is -2.45. The maximum absolute atomic E-state index is 6.32. The molecular weight excluding hydrogens is 489 g/mol. The molecule has 0 fully saturated rings. The zero-order valence-corrected chi connectivity index (χ0v) is 20.1. The fourth-order valence-corrected chi connectivity index (χ4v) is 11.7. The number of aromatic nitrogens is 1. The number of halogens is 2. The van der Waals surface area contributed by atoms with Crippen molar-refractivity contribution >= 4 is 60.1 Å². The predicted octanol–water partition coefficient (Wildman–Crippen LogP) is 6.59. The summed E-state index contributed by atoms with van der Waals surface area (Å²) in [5.41, 5.74) is 0.867. The van der Waals surface area contributed by atoms with Gasteiger partial charge in [0.15, 0.2) is 0 Å². The van der Waals surface area contributed by atoms with Crippen molar-refractivity contribution < 1.29 is 4.42 Å². The molecule has 0 radical (unpaired) electrons. The molecule has 0 amide bonds. The second-order valence-corrected chi connectivity index (χ2v) is 16.4. The largest absolute Gasteiger partial charge is 0.147 e. The molecule has 0 bridgehead atoms. The summed E-state index contributed by atoms with van der Waals surface area (Å²) in [7, 11) is 0. The van der Waals surface area contributed by atoms with Crippen LogP contribution >= 0.6 is 33.2 Å². The molecule has 2 aromatic heterocycles. The minimum Gasteiger partial charge on any atom is -0.147 e. The average Bonchev–Trinajstić information content (AvgIpc) is 3.23. The molecule has 0 aliphatic heterocycles. The molecule has 0 saturated carbocycles. The molecule has 0 N–H and O–H groups in total. The number of benzene rings is 3. The van der Waals surface area contributed by atoms with Crippen molar-refractivity contribution in [3.05, 3.63) is 121 Å². The van der Waals surface area contributed by atoms with Gasteiger partial charge in [0, 0.05) is 0 Å². The van der Waals surface area contributed by atoms with Gasteiger partial charge in [-0.2, -0.15) is 0 Å². The molecule has 5 heteroatoms. The van der Waals surface area contributed by atoms with Crippen LogP contribution in [0.15, 0.2) is 120 Å². The van der Waals surface area contributed by atoms with Crippen LogP contribution in [0.3, 0.4) is 0 Å². The Balaban J connectivity index is 0.00000231. The molecule has 0 saturated heterocycles. The van der Waals surface area contributed by atoms with Crippen LogP contribution in [-0.2, 0) is 6.16 Å². The van der Waals surface area contributed by atoms with Gasteiger partial charge in [0.25, 0.3) is 0 Å². The summed E-state index contributed by atoms with van der Waals surface area (Å²) in [6, 6.07) is 36.4. The third-order valence-electron chi connectivity index (χ3n) is 5.70. The van der Waals surface area contributed by atoms with E-state index >= 15 is 0 Å². The number of fused-ring (bicyclic) bond motifs is 1. The van der Waals surface area contributed by atoms with Crippen molar-refractivity contribution in [2.75, 3.05) is 0 Å². The van der Waals surface area contributed by atoms with Crippen LogP contribution in [-0.4, -0.2) is 4.98 Å². The van der Waals surface area contributed by atoms with Gasteiger partial charge in [0.1, 0.15) is 0 Å². The van der Waals surface area contributed by atoms with Crippen LogP contribution in [0.4, 0.5) is 0 Å². The first-order chi connectivity index (χ1) is 14.7. The van der Waals surface area contributed by atoms with Crippen LogP contribution in [0.2, 0.25) is 0 Å². The van der Waals surface area contributed by atoms with Gasteiger partial charge in [0.05, 0.1) is 0 Å². The zero-order valence-electron chi connectivity index (χ0n) is 16.8. The van der Waals surface area contributed by atoms with Crippen LogP contribution in [0, 0.1) is 0 Å². The van der Waals surface area contributed by atoms with E-state index in [1.54, 1.807) is 6.20 Å². The Morgan fingerprint density at radius 2 is 1.19 bits per heavy atom. The van der Waals surface area contributed by atoms with Crippen LogP contribution < -0.4 is 15.9 Å². The molecule has 31 heavy (non-hydrogen) atoms. The molecule has 3 aromatic carbocycles. The van der Waals surface area contributed by atoms with Gasteiger partial charge in [-0.05, 0) is 0 Å². The smallest absolute Gasteiger partial charge is 0.147 e. The van der Waals surface area contributed by atoms with Gasteiger partial charge in [-0.3, -0.25) is 0 Å². The molecule has 0 unspecified atom stereocenters. The van der Waals surface area contributed by atoms with E-state index in [0.717, 1.165) is 22.9 Å². The molecule has 0 spiro atoms. The third kappa shape index (κ3) is 3.61. The normalized spacial score (nSPS) is 12.6. The molecule has 2 nitrogen and oxygen atoms in total. The first-order valence-electron chi connectivity index (χ1n) is 9.90. The topological polar surface area (TPSA) is 26.0 Å². The second-order valence-electron chi connectivity index (χ2n) is 7.47. The minimum atomic E-state index is -3.05. The minimum absolute atomic E-state index is 0. The molecule has 0 aliphatic carbocycles. The van der Waals surface area contributed by atoms with E-state index in [4.69, 9.17) is 4.42 Å². The van der Waals surface area contributed by atoms with E-state index in [1.807, 2.05) is 12.3 Å². The van der Waals surface area contributed by atoms with Gasteiger partial charge >= 0.3 is 185 Å². The van der Waals surface area contributed by atoms with Crippen LogP contribution in [0.1, 0.15) is 5.76 Å². The Bertz CT molecular complexity index is 1160. The number of nitrogens with zero attached hydrogens (tertiary/aromatic N) is 1. The van der Waals surface area contributed by atoms with E-state index in [0.29, 0.717) is 0 Å². The average molecular weight is 511 g/mol. The van der Waals surface area contributed by atoms with Crippen molar-refractivity contribution in [3.8, 4) is 0 Å². The summed E-state index contributed by atoms with van der Waals surface area (Å²) in [6.45, 7) is 0. The van der Waals surface area contributed by atoms with E-state index < -0.39 is 5.31 Å². The summed E-state index contributed by atoms with van der Waals surface area (Å²) >= 11 is 4.47. The maximum atomic E-state index is 6.32. The van der Waals surface area contributed by atoms with Gasteiger partial charge in [-0.15, -0.1) is 12.4 Å². The number of pyridine rings is 1. The van der Waals surface area contributed by atoms with Gasteiger partial charge < -0.3 is 0 Å². The maximum Gasteiger partial charge on any atom is -0.147 e. The molecule has 156 valence electrons.